The third-order valence-corrected chi connectivity index (χ3v) is 8.01. The van der Waals surface area contributed by atoms with Crippen LogP contribution in [0, 0.1) is 10.1 Å². The molecule has 0 aromatic heterocycles. The number of nitro groups is 1. The van der Waals surface area contributed by atoms with Gasteiger partial charge in [0.25, 0.3) is 5.69 Å². The molecule has 8 nitrogen and oxygen atoms in total. The van der Waals surface area contributed by atoms with Gasteiger partial charge in [0, 0.05) is 60.0 Å². The van der Waals surface area contributed by atoms with Gasteiger partial charge in [-0.05, 0) is 74.4 Å². The monoisotopic (exact) mass is 564 g/mol. The predicted molar refractivity (Wildman–Crippen MR) is 152 cm³/mol. The molecule has 0 amide bonds. The van der Waals surface area contributed by atoms with Crippen LogP contribution in [0.2, 0.25) is 5.02 Å². The second kappa shape index (κ2) is 11.8. The van der Waals surface area contributed by atoms with Gasteiger partial charge in [0.2, 0.25) is 0 Å². The molecule has 2 aromatic rings. The van der Waals surface area contributed by atoms with Gasteiger partial charge in [0.1, 0.15) is 6.61 Å². The molecule has 0 atom stereocenters. The molecule has 0 saturated heterocycles. The third-order valence-electron chi connectivity index (χ3n) is 7.73. The Bertz CT molecular complexity index is 1370. The van der Waals surface area contributed by atoms with Gasteiger partial charge >= 0.3 is 0 Å². The Morgan fingerprint density at radius 1 is 0.950 bits per heavy atom. The Morgan fingerprint density at radius 3 is 2.12 bits per heavy atom. The van der Waals surface area contributed by atoms with E-state index in [2.05, 4.69) is 11.8 Å². The van der Waals surface area contributed by atoms with E-state index < -0.39 is 10.8 Å². The summed E-state index contributed by atoms with van der Waals surface area (Å²) in [6.45, 7) is 5.26. The normalized spacial score (nSPS) is 17.6. The third kappa shape index (κ3) is 5.24. The Balaban J connectivity index is 1.56. The number of rotatable bonds is 9. The number of Topliss-reactive ketones (excluding diaryl/α,β-unsaturated/α-hetero) is 2. The molecule has 3 aliphatic rings. The van der Waals surface area contributed by atoms with Crippen molar-refractivity contribution in [2.45, 2.75) is 71.3 Å². The molecule has 0 bridgehead atoms. The number of hydrogen-bond donors (Lipinski definition) is 0. The number of carbonyl (C=O) groups is 2. The number of ketones is 2. The topological polar surface area (TPSA) is 99.0 Å². The van der Waals surface area contributed by atoms with Crippen molar-refractivity contribution in [3.63, 3.8) is 0 Å². The summed E-state index contributed by atoms with van der Waals surface area (Å²) < 4.78 is 12.0. The fourth-order valence-corrected chi connectivity index (χ4v) is 6.34. The molecule has 0 N–H and O–H groups in total. The van der Waals surface area contributed by atoms with Crippen LogP contribution in [0.25, 0.3) is 0 Å². The molecule has 0 radical (unpaired) electrons. The predicted octanol–water partition coefficient (Wildman–Crippen LogP) is 7.05. The highest BCUT2D eigenvalue weighted by Crippen LogP contribution is 2.51. The van der Waals surface area contributed by atoms with Crippen molar-refractivity contribution in [3.8, 4) is 11.5 Å². The van der Waals surface area contributed by atoms with E-state index in [4.69, 9.17) is 21.1 Å². The maximum Gasteiger partial charge on any atom is 0.269 e. The minimum absolute atomic E-state index is 0.00277. The van der Waals surface area contributed by atoms with E-state index in [1.807, 2.05) is 13.0 Å². The van der Waals surface area contributed by atoms with Crippen LogP contribution in [-0.2, 0) is 16.2 Å². The molecule has 1 aliphatic heterocycles. The fourth-order valence-electron chi connectivity index (χ4n) is 6.07. The van der Waals surface area contributed by atoms with E-state index >= 15 is 0 Å². The molecule has 0 unspecified atom stereocenters. The molecule has 9 heteroatoms. The number of ether oxygens (including phenoxy) is 2. The van der Waals surface area contributed by atoms with Gasteiger partial charge in [0.05, 0.1) is 16.6 Å². The minimum atomic E-state index is -0.487. The Morgan fingerprint density at radius 2 is 1.57 bits per heavy atom. The summed E-state index contributed by atoms with van der Waals surface area (Å²) in [5.74, 6) is 0.468. The number of nitro benzene ring substituents is 1. The van der Waals surface area contributed by atoms with Crippen LogP contribution in [0.1, 0.15) is 75.8 Å². The number of benzene rings is 2. The second-order valence-electron chi connectivity index (χ2n) is 10.3. The highest BCUT2D eigenvalue weighted by molar-refractivity contribution is 6.32. The molecule has 0 spiro atoms. The van der Waals surface area contributed by atoms with Crippen molar-refractivity contribution in [3.05, 3.63) is 85.2 Å². The van der Waals surface area contributed by atoms with E-state index in [1.165, 1.54) is 12.1 Å². The first-order valence-corrected chi connectivity index (χ1v) is 14.3. The Hall–Kier alpha value is -3.65. The fraction of sp³-hybridized carbons (Fsp3) is 0.419. The van der Waals surface area contributed by atoms with Gasteiger partial charge in [0.15, 0.2) is 23.1 Å². The first-order chi connectivity index (χ1) is 19.3. The lowest BCUT2D eigenvalue weighted by atomic mass is 9.71. The van der Waals surface area contributed by atoms with Crippen LogP contribution >= 0.6 is 11.6 Å². The lowest BCUT2D eigenvalue weighted by molar-refractivity contribution is -0.384. The van der Waals surface area contributed by atoms with E-state index in [0.717, 1.165) is 61.2 Å². The van der Waals surface area contributed by atoms with Crippen LogP contribution in [0.5, 0.6) is 11.5 Å². The van der Waals surface area contributed by atoms with Crippen molar-refractivity contribution in [1.82, 2.24) is 4.90 Å². The zero-order chi connectivity index (χ0) is 28.4. The van der Waals surface area contributed by atoms with Crippen LogP contribution in [0.3, 0.4) is 0 Å². The summed E-state index contributed by atoms with van der Waals surface area (Å²) in [6, 6.07) is 9.76. The van der Waals surface area contributed by atoms with Gasteiger partial charge < -0.3 is 14.4 Å². The number of hydrogen-bond acceptors (Lipinski definition) is 7. The van der Waals surface area contributed by atoms with E-state index in [0.29, 0.717) is 47.1 Å². The maximum atomic E-state index is 13.5. The summed E-state index contributed by atoms with van der Waals surface area (Å²) in [4.78, 5) is 39.7. The van der Waals surface area contributed by atoms with Gasteiger partial charge in [-0.2, -0.15) is 0 Å². The average Bonchev–Trinajstić information content (AvgIpc) is 2.93. The first-order valence-electron chi connectivity index (χ1n) is 14.0. The second-order valence-corrected chi connectivity index (χ2v) is 10.7. The Labute approximate surface area is 238 Å². The minimum Gasteiger partial charge on any atom is -0.490 e. The molecule has 5 rings (SSSR count). The quantitative estimate of drug-likeness (QED) is 0.238. The number of nitrogens with zero attached hydrogens (tertiary/aromatic N) is 2. The number of non-ortho nitro benzene ring substituents is 1. The molecule has 0 saturated carbocycles. The van der Waals surface area contributed by atoms with Crippen molar-refractivity contribution < 1.29 is 24.0 Å². The zero-order valence-corrected chi connectivity index (χ0v) is 23.6. The number of carbonyl (C=O) groups excluding carboxylic acids is 2. The van der Waals surface area contributed by atoms with Gasteiger partial charge in [-0.15, -0.1) is 0 Å². The smallest absolute Gasteiger partial charge is 0.269 e. The molecule has 40 heavy (non-hydrogen) atoms. The summed E-state index contributed by atoms with van der Waals surface area (Å²) >= 11 is 6.82. The summed E-state index contributed by atoms with van der Waals surface area (Å²) in [6.07, 6.45) is 5.09. The number of allylic oxidation sites excluding steroid dienone is 4. The van der Waals surface area contributed by atoms with Gasteiger partial charge in [-0.3, -0.25) is 19.7 Å². The zero-order valence-electron chi connectivity index (χ0n) is 22.8. The van der Waals surface area contributed by atoms with Crippen molar-refractivity contribution >= 4 is 28.9 Å². The Kier molecular flexibility index (Phi) is 8.26. The van der Waals surface area contributed by atoms with E-state index in [1.54, 1.807) is 18.2 Å². The van der Waals surface area contributed by atoms with Crippen molar-refractivity contribution in [2.24, 2.45) is 0 Å². The average molecular weight is 565 g/mol. The maximum absolute atomic E-state index is 13.5. The summed E-state index contributed by atoms with van der Waals surface area (Å²) in [7, 11) is 0. The molecular formula is C31H33ClN2O6. The lowest BCUT2D eigenvalue weighted by Gasteiger charge is -2.44. The molecule has 0 fully saturated rings. The largest absolute Gasteiger partial charge is 0.490 e. The summed E-state index contributed by atoms with van der Waals surface area (Å²) in [5, 5.41) is 11.3. The highest BCUT2D eigenvalue weighted by atomic mass is 35.5. The van der Waals surface area contributed by atoms with Crippen LogP contribution < -0.4 is 9.47 Å². The molecule has 210 valence electrons. The van der Waals surface area contributed by atoms with Crippen LogP contribution in [-0.4, -0.2) is 34.5 Å². The van der Waals surface area contributed by atoms with Crippen LogP contribution in [0.15, 0.2) is 58.9 Å². The SMILES string of the molecule is CCCN1C2=C(C(=O)CCC2)C(c2cc(Cl)c(OCc3ccc([N+](=O)[O-])cc3)c(OCC)c2)C2=C1CCCC2=O. The van der Waals surface area contributed by atoms with E-state index in [-0.39, 0.29) is 23.9 Å². The molecular weight excluding hydrogens is 532 g/mol. The summed E-state index contributed by atoms with van der Waals surface area (Å²) in [5.41, 5.74) is 5.01. The van der Waals surface area contributed by atoms with Crippen molar-refractivity contribution in [1.29, 1.82) is 0 Å². The molecule has 2 aliphatic carbocycles. The van der Waals surface area contributed by atoms with E-state index in [9.17, 15) is 19.7 Å². The molecule has 2 aromatic carbocycles. The van der Waals surface area contributed by atoms with Gasteiger partial charge in [-0.1, -0.05) is 18.5 Å². The lowest BCUT2D eigenvalue weighted by Crippen LogP contribution is -2.39. The highest BCUT2D eigenvalue weighted by Gasteiger charge is 2.43. The van der Waals surface area contributed by atoms with Crippen molar-refractivity contribution in [2.75, 3.05) is 13.2 Å². The molecule has 1 heterocycles. The first kappa shape index (κ1) is 27.9. The van der Waals surface area contributed by atoms with Gasteiger partial charge in [-0.25, -0.2) is 0 Å². The standard InChI is InChI=1S/C31H33ClN2O6/c1-3-15-33-23-7-5-9-25(35)29(23)28(30-24(33)8-6-10-26(30)36)20-16-22(32)31(27(17-20)39-4-2)40-18-19-11-13-21(14-12-19)34(37)38/h11-14,16-17,28H,3-10,15,18H2,1-2H3. The number of halogens is 1. The van der Waals surface area contributed by atoms with Crippen LogP contribution in [0.4, 0.5) is 5.69 Å².